The van der Waals surface area contributed by atoms with Gasteiger partial charge in [-0.05, 0) is 18.8 Å². The molecule has 1 aromatic rings. The van der Waals surface area contributed by atoms with E-state index in [1.165, 1.54) is 6.07 Å². The van der Waals surface area contributed by atoms with Crippen LogP contribution in [0.4, 0.5) is 5.95 Å². The summed E-state index contributed by atoms with van der Waals surface area (Å²) < 4.78 is 0. The number of hydrogen-bond acceptors (Lipinski definition) is 4. The van der Waals surface area contributed by atoms with Crippen LogP contribution in [0.25, 0.3) is 0 Å². The number of nitrogens with one attached hydrogen (secondary N) is 1. The summed E-state index contributed by atoms with van der Waals surface area (Å²) in [6.07, 6.45) is 1.18. The van der Waals surface area contributed by atoms with Crippen molar-refractivity contribution < 1.29 is 9.90 Å². The van der Waals surface area contributed by atoms with Crippen molar-refractivity contribution in [1.29, 1.82) is 0 Å². The molecule has 0 saturated carbocycles. The maximum Gasteiger partial charge on any atom is 0.306 e. The third kappa shape index (κ3) is 3.13. The van der Waals surface area contributed by atoms with Crippen molar-refractivity contribution in [1.82, 2.24) is 9.97 Å². The molecule has 0 spiro atoms. The van der Waals surface area contributed by atoms with Gasteiger partial charge in [0.05, 0.1) is 11.6 Å². The Labute approximate surface area is 111 Å². The lowest BCUT2D eigenvalue weighted by molar-refractivity contribution is -0.142. The van der Waals surface area contributed by atoms with Crippen molar-refractivity contribution in [3.63, 3.8) is 0 Å². The van der Waals surface area contributed by atoms with Crippen LogP contribution in [-0.4, -0.2) is 34.1 Å². The Balaban J connectivity index is 2.15. The van der Waals surface area contributed by atoms with Crippen LogP contribution in [0.5, 0.6) is 0 Å². The van der Waals surface area contributed by atoms with E-state index in [0.717, 1.165) is 5.69 Å². The number of H-pyrrole nitrogens is 1. The largest absolute Gasteiger partial charge is 0.481 e. The second-order valence-corrected chi connectivity index (χ2v) is 5.25. The van der Waals surface area contributed by atoms with Gasteiger partial charge in [0.25, 0.3) is 5.56 Å². The van der Waals surface area contributed by atoms with E-state index < -0.39 is 5.97 Å². The van der Waals surface area contributed by atoms with Crippen LogP contribution in [0.1, 0.15) is 38.3 Å². The highest BCUT2D eigenvalue weighted by molar-refractivity contribution is 5.70. The quantitative estimate of drug-likeness (QED) is 0.857. The summed E-state index contributed by atoms with van der Waals surface area (Å²) >= 11 is 0. The Morgan fingerprint density at radius 3 is 2.63 bits per heavy atom. The van der Waals surface area contributed by atoms with Gasteiger partial charge in [-0.3, -0.25) is 14.6 Å². The Hall–Kier alpha value is -1.85. The molecule has 104 valence electrons. The highest BCUT2D eigenvalue weighted by Crippen LogP contribution is 2.21. The van der Waals surface area contributed by atoms with Crippen LogP contribution in [0, 0.1) is 5.92 Å². The van der Waals surface area contributed by atoms with Crippen LogP contribution in [0.3, 0.4) is 0 Å². The molecule has 0 aromatic carbocycles. The molecule has 0 aliphatic carbocycles. The van der Waals surface area contributed by atoms with E-state index in [4.69, 9.17) is 5.11 Å². The molecule has 1 fully saturated rings. The topological polar surface area (TPSA) is 86.3 Å². The van der Waals surface area contributed by atoms with Crippen LogP contribution in [-0.2, 0) is 4.79 Å². The molecule has 1 aliphatic rings. The molecule has 1 aliphatic heterocycles. The van der Waals surface area contributed by atoms with Crippen molar-refractivity contribution in [2.24, 2.45) is 5.92 Å². The normalized spacial score (nSPS) is 16.9. The van der Waals surface area contributed by atoms with Crippen LogP contribution in [0.15, 0.2) is 10.9 Å². The van der Waals surface area contributed by atoms with Crippen LogP contribution >= 0.6 is 0 Å². The maximum absolute atomic E-state index is 11.6. The minimum absolute atomic E-state index is 0.158. The highest BCUT2D eigenvalue weighted by atomic mass is 16.4. The number of carboxylic acid groups (broad SMARTS) is 1. The number of nitrogens with zero attached hydrogens (tertiary/aromatic N) is 2. The van der Waals surface area contributed by atoms with Crippen molar-refractivity contribution in [2.75, 3.05) is 18.0 Å². The fourth-order valence-corrected chi connectivity index (χ4v) is 2.25. The first kappa shape index (κ1) is 13.6. The molecule has 2 N–H and O–H groups in total. The number of carbonyl (C=O) groups is 1. The number of anilines is 1. The highest BCUT2D eigenvalue weighted by Gasteiger charge is 2.25. The number of hydrogen-bond donors (Lipinski definition) is 2. The molecule has 0 amide bonds. The van der Waals surface area contributed by atoms with E-state index >= 15 is 0 Å². The molecular weight excluding hydrogens is 246 g/mol. The molecule has 1 aromatic heterocycles. The Kier molecular flexibility index (Phi) is 3.87. The predicted octanol–water partition coefficient (Wildman–Crippen LogP) is 1.19. The van der Waals surface area contributed by atoms with E-state index in [1.807, 2.05) is 18.7 Å². The van der Waals surface area contributed by atoms with E-state index in [-0.39, 0.29) is 17.4 Å². The van der Waals surface area contributed by atoms with E-state index in [0.29, 0.717) is 31.9 Å². The van der Waals surface area contributed by atoms with Gasteiger partial charge in [-0.2, -0.15) is 0 Å². The fourth-order valence-electron chi connectivity index (χ4n) is 2.25. The molecule has 6 nitrogen and oxygen atoms in total. The Morgan fingerprint density at radius 1 is 1.47 bits per heavy atom. The zero-order valence-electron chi connectivity index (χ0n) is 11.2. The van der Waals surface area contributed by atoms with Gasteiger partial charge in [-0.25, -0.2) is 4.98 Å². The van der Waals surface area contributed by atoms with Crippen LogP contribution in [0.2, 0.25) is 0 Å². The van der Waals surface area contributed by atoms with E-state index in [2.05, 4.69) is 9.97 Å². The smallest absolute Gasteiger partial charge is 0.306 e. The van der Waals surface area contributed by atoms with Crippen molar-refractivity contribution in [2.45, 2.75) is 32.6 Å². The third-order valence-corrected chi connectivity index (χ3v) is 3.48. The number of carboxylic acids is 1. The van der Waals surface area contributed by atoms with Gasteiger partial charge in [0.2, 0.25) is 5.95 Å². The van der Waals surface area contributed by atoms with Crippen molar-refractivity contribution >= 4 is 11.9 Å². The lowest BCUT2D eigenvalue weighted by Gasteiger charge is -2.30. The molecule has 2 heterocycles. The molecule has 0 atom stereocenters. The Morgan fingerprint density at radius 2 is 2.11 bits per heavy atom. The number of rotatable bonds is 3. The molecule has 2 rings (SSSR count). The summed E-state index contributed by atoms with van der Waals surface area (Å²) in [6, 6.07) is 1.51. The second kappa shape index (κ2) is 5.42. The first-order valence-electron chi connectivity index (χ1n) is 6.56. The first-order chi connectivity index (χ1) is 8.97. The summed E-state index contributed by atoms with van der Waals surface area (Å²) in [4.78, 5) is 31.6. The standard InChI is InChI=1S/C13H19N3O3/c1-8(2)10-7-11(17)15-13(14-10)16-5-3-9(4-6-16)12(18)19/h7-9H,3-6H2,1-2H3,(H,18,19)(H,14,15,17). The number of aromatic amines is 1. The lowest BCUT2D eigenvalue weighted by Crippen LogP contribution is -2.38. The lowest BCUT2D eigenvalue weighted by atomic mass is 9.97. The van der Waals surface area contributed by atoms with Gasteiger partial charge in [-0.1, -0.05) is 13.8 Å². The SMILES string of the molecule is CC(C)c1cc(=O)[nH]c(N2CCC(C(=O)O)CC2)n1. The predicted molar refractivity (Wildman–Crippen MR) is 71.5 cm³/mol. The second-order valence-electron chi connectivity index (χ2n) is 5.25. The van der Waals surface area contributed by atoms with Crippen LogP contribution < -0.4 is 10.5 Å². The monoisotopic (exact) mass is 265 g/mol. The number of aromatic nitrogens is 2. The average Bonchev–Trinajstić information content (AvgIpc) is 2.38. The minimum Gasteiger partial charge on any atom is -0.481 e. The number of piperidine rings is 1. The molecule has 0 radical (unpaired) electrons. The maximum atomic E-state index is 11.6. The average molecular weight is 265 g/mol. The van der Waals surface area contributed by atoms with Gasteiger partial charge in [0, 0.05) is 19.2 Å². The minimum atomic E-state index is -0.739. The van der Waals surface area contributed by atoms with Gasteiger partial charge in [0.15, 0.2) is 0 Å². The van der Waals surface area contributed by atoms with Gasteiger partial charge in [0.1, 0.15) is 0 Å². The van der Waals surface area contributed by atoms with Gasteiger partial charge < -0.3 is 10.0 Å². The zero-order chi connectivity index (χ0) is 14.0. The van der Waals surface area contributed by atoms with Crippen molar-refractivity contribution in [3.05, 3.63) is 22.1 Å². The molecule has 0 unspecified atom stereocenters. The fraction of sp³-hybridized carbons (Fsp3) is 0.615. The summed E-state index contributed by atoms with van der Waals surface area (Å²) in [5.74, 6) is -0.272. The van der Waals surface area contributed by atoms with Gasteiger partial charge >= 0.3 is 5.97 Å². The molecule has 0 bridgehead atoms. The third-order valence-electron chi connectivity index (χ3n) is 3.48. The summed E-state index contributed by atoms with van der Waals surface area (Å²) in [6.45, 7) is 5.20. The zero-order valence-corrected chi connectivity index (χ0v) is 11.2. The summed E-state index contributed by atoms with van der Waals surface area (Å²) in [5.41, 5.74) is 0.605. The van der Waals surface area contributed by atoms with Crippen molar-refractivity contribution in [3.8, 4) is 0 Å². The molecule has 1 saturated heterocycles. The summed E-state index contributed by atoms with van der Waals surface area (Å²) in [5, 5.41) is 8.96. The molecular formula is C13H19N3O3. The summed E-state index contributed by atoms with van der Waals surface area (Å²) in [7, 11) is 0. The first-order valence-corrected chi connectivity index (χ1v) is 6.56. The van der Waals surface area contributed by atoms with Gasteiger partial charge in [-0.15, -0.1) is 0 Å². The van der Waals surface area contributed by atoms with E-state index in [1.54, 1.807) is 0 Å². The molecule has 19 heavy (non-hydrogen) atoms. The number of aliphatic carboxylic acids is 1. The molecule has 6 heteroatoms. The Bertz CT molecular complexity index is 516. The van der Waals surface area contributed by atoms with E-state index in [9.17, 15) is 9.59 Å².